The van der Waals surface area contributed by atoms with Crippen LogP contribution in [0.4, 0.5) is 0 Å². The zero-order valence-corrected chi connectivity index (χ0v) is 15.9. The molecule has 0 spiro atoms. The zero-order chi connectivity index (χ0) is 18.0. The van der Waals surface area contributed by atoms with Gasteiger partial charge in [-0.1, -0.05) is 33.1 Å². The maximum absolute atomic E-state index is 11.8. The van der Waals surface area contributed by atoms with Gasteiger partial charge in [-0.15, -0.1) is 0 Å². The molecular weight excluding hydrogens is 310 g/mol. The number of hydrogen-bond acceptors (Lipinski definition) is 2. The minimum atomic E-state index is -0.266. The van der Waals surface area contributed by atoms with Crippen LogP contribution in [0.5, 0.6) is 0 Å². The molecule has 1 N–H and O–H groups in total. The highest BCUT2D eigenvalue weighted by Gasteiger charge is 2.18. The molecule has 0 aliphatic heterocycles. The van der Waals surface area contributed by atoms with Gasteiger partial charge in [0, 0.05) is 28.0 Å². The third kappa shape index (κ3) is 3.37. The lowest BCUT2D eigenvalue weighted by Gasteiger charge is -2.08. The molecule has 3 heteroatoms. The Kier molecular flexibility index (Phi) is 5.31. The van der Waals surface area contributed by atoms with Crippen molar-refractivity contribution in [1.29, 1.82) is 0 Å². The van der Waals surface area contributed by atoms with Crippen molar-refractivity contribution in [3.05, 3.63) is 44.9 Å². The van der Waals surface area contributed by atoms with Crippen molar-refractivity contribution in [3.63, 3.8) is 0 Å². The number of fused-ring (bicyclic) bond motifs is 3. The molecule has 2 aromatic heterocycles. The van der Waals surface area contributed by atoms with Crippen LogP contribution in [-0.4, -0.2) is 4.98 Å². The van der Waals surface area contributed by atoms with Gasteiger partial charge in [-0.3, -0.25) is 0 Å². The fraction of sp³-hybridized carbons (Fsp3) is 0.500. The van der Waals surface area contributed by atoms with E-state index in [0.29, 0.717) is 5.58 Å². The zero-order valence-electron chi connectivity index (χ0n) is 15.9. The fourth-order valence-corrected chi connectivity index (χ4v) is 3.88. The van der Waals surface area contributed by atoms with Crippen LogP contribution < -0.4 is 5.63 Å². The van der Waals surface area contributed by atoms with Crippen LogP contribution in [0.15, 0.2) is 21.3 Å². The van der Waals surface area contributed by atoms with E-state index in [9.17, 15) is 4.79 Å². The van der Waals surface area contributed by atoms with Gasteiger partial charge in [-0.25, -0.2) is 4.79 Å². The van der Waals surface area contributed by atoms with Crippen LogP contribution in [0, 0.1) is 13.8 Å². The summed E-state index contributed by atoms with van der Waals surface area (Å²) >= 11 is 0. The molecule has 2 heterocycles. The molecule has 1 aromatic carbocycles. The Hall–Kier alpha value is -2.03. The van der Waals surface area contributed by atoms with Crippen LogP contribution in [0.25, 0.3) is 21.9 Å². The average Bonchev–Trinajstić information content (AvgIpc) is 2.91. The second-order valence-corrected chi connectivity index (χ2v) is 7.21. The van der Waals surface area contributed by atoms with E-state index in [1.807, 2.05) is 13.0 Å². The van der Waals surface area contributed by atoms with Crippen molar-refractivity contribution in [2.75, 3.05) is 0 Å². The number of H-pyrrole nitrogens is 1. The number of hydrogen-bond donors (Lipinski definition) is 1. The average molecular weight is 339 g/mol. The Bertz CT molecular complexity index is 946. The summed E-state index contributed by atoms with van der Waals surface area (Å²) in [6.07, 6.45) is 8.24. The van der Waals surface area contributed by atoms with E-state index in [0.717, 1.165) is 29.4 Å². The van der Waals surface area contributed by atoms with E-state index in [4.69, 9.17) is 4.42 Å². The van der Waals surface area contributed by atoms with Crippen LogP contribution in [0.3, 0.4) is 0 Å². The van der Waals surface area contributed by atoms with Gasteiger partial charge in [0.05, 0.1) is 0 Å². The highest BCUT2D eigenvalue weighted by atomic mass is 16.4. The molecule has 0 atom stereocenters. The molecule has 0 aliphatic rings. The topological polar surface area (TPSA) is 46.0 Å². The summed E-state index contributed by atoms with van der Waals surface area (Å²) in [7, 11) is 0. The van der Waals surface area contributed by atoms with Crippen molar-refractivity contribution in [2.45, 2.75) is 72.6 Å². The molecule has 0 unspecified atom stereocenters. The standard InChI is InChI=1S/C22H29NO2/c1-5-7-9-11-17-16(10-8-6-2)21-20-14(3)13-19(24)25-18(20)12-15(4)22(21)23-17/h12-13,23H,5-11H2,1-4H3. The normalized spacial score (nSPS) is 11.7. The molecule has 3 nitrogen and oxygen atoms in total. The molecule has 25 heavy (non-hydrogen) atoms. The smallest absolute Gasteiger partial charge is 0.336 e. The number of unbranched alkanes of at least 4 members (excludes halogenated alkanes) is 3. The summed E-state index contributed by atoms with van der Waals surface area (Å²) in [5, 5.41) is 2.38. The second kappa shape index (κ2) is 7.47. The van der Waals surface area contributed by atoms with Gasteiger partial charge in [-0.2, -0.15) is 0 Å². The highest BCUT2D eigenvalue weighted by molar-refractivity contribution is 6.09. The lowest BCUT2D eigenvalue weighted by Crippen LogP contribution is -1.99. The Morgan fingerprint density at radius 1 is 0.920 bits per heavy atom. The largest absolute Gasteiger partial charge is 0.423 e. The van der Waals surface area contributed by atoms with E-state index in [1.54, 1.807) is 6.07 Å². The number of aromatic nitrogens is 1. The van der Waals surface area contributed by atoms with Gasteiger partial charge >= 0.3 is 5.63 Å². The van der Waals surface area contributed by atoms with Gasteiger partial charge in [-0.05, 0) is 62.3 Å². The summed E-state index contributed by atoms with van der Waals surface area (Å²) in [5.41, 5.74) is 6.62. The number of nitrogens with one attached hydrogen (secondary N) is 1. The molecule has 134 valence electrons. The third-order valence-electron chi connectivity index (χ3n) is 5.18. The van der Waals surface area contributed by atoms with Crippen molar-refractivity contribution >= 4 is 21.9 Å². The predicted molar refractivity (Wildman–Crippen MR) is 106 cm³/mol. The van der Waals surface area contributed by atoms with Crippen LogP contribution in [0.2, 0.25) is 0 Å². The maximum atomic E-state index is 11.8. The Morgan fingerprint density at radius 3 is 2.40 bits per heavy atom. The van der Waals surface area contributed by atoms with E-state index >= 15 is 0 Å². The van der Waals surface area contributed by atoms with Crippen LogP contribution >= 0.6 is 0 Å². The SMILES string of the molecule is CCCCCc1[nH]c2c(C)cc3oc(=O)cc(C)c3c2c1CCCC. The molecule has 0 aliphatic carbocycles. The summed E-state index contributed by atoms with van der Waals surface area (Å²) in [4.78, 5) is 15.5. The molecule has 0 bridgehead atoms. The molecule has 3 rings (SSSR count). The molecular formula is C22H29NO2. The Balaban J connectivity index is 2.29. The highest BCUT2D eigenvalue weighted by Crippen LogP contribution is 2.35. The first kappa shape index (κ1) is 17.8. The first-order valence-corrected chi connectivity index (χ1v) is 9.64. The van der Waals surface area contributed by atoms with Crippen LogP contribution in [-0.2, 0) is 12.8 Å². The van der Waals surface area contributed by atoms with Gasteiger partial charge in [0.25, 0.3) is 0 Å². The Morgan fingerprint density at radius 2 is 1.68 bits per heavy atom. The summed E-state index contributed by atoms with van der Waals surface area (Å²) < 4.78 is 5.53. The van der Waals surface area contributed by atoms with Gasteiger partial charge in [0.2, 0.25) is 0 Å². The number of rotatable bonds is 7. The summed E-state index contributed by atoms with van der Waals surface area (Å²) in [5.74, 6) is 0. The van der Waals surface area contributed by atoms with Crippen molar-refractivity contribution in [1.82, 2.24) is 4.98 Å². The monoisotopic (exact) mass is 339 g/mol. The van der Waals surface area contributed by atoms with Crippen molar-refractivity contribution in [2.24, 2.45) is 0 Å². The van der Waals surface area contributed by atoms with Gasteiger partial charge in [0.15, 0.2) is 0 Å². The number of benzene rings is 1. The minimum Gasteiger partial charge on any atom is -0.423 e. The number of aromatic amines is 1. The first-order valence-electron chi connectivity index (χ1n) is 9.64. The lowest BCUT2D eigenvalue weighted by atomic mass is 9.96. The van der Waals surface area contributed by atoms with Gasteiger partial charge in [0.1, 0.15) is 5.58 Å². The molecule has 3 aromatic rings. The van der Waals surface area contributed by atoms with E-state index in [1.165, 1.54) is 54.3 Å². The third-order valence-corrected chi connectivity index (χ3v) is 5.18. The second-order valence-electron chi connectivity index (χ2n) is 7.21. The molecule has 0 radical (unpaired) electrons. The van der Waals surface area contributed by atoms with E-state index in [2.05, 4.69) is 25.8 Å². The lowest BCUT2D eigenvalue weighted by molar-refractivity contribution is 0.560. The van der Waals surface area contributed by atoms with Crippen molar-refractivity contribution < 1.29 is 4.42 Å². The van der Waals surface area contributed by atoms with E-state index < -0.39 is 0 Å². The molecule has 0 fully saturated rings. The quantitative estimate of drug-likeness (QED) is 0.426. The fourth-order valence-electron chi connectivity index (χ4n) is 3.88. The number of aryl methyl sites for hydroxylation is 4. The minimum absolute atomic E-state index is 0.266. The summed E-state index contributed by atoms with van der Waals surface area (Å²) in [6.45, 7) is 8.59. The predicted octanol–water partition coefficient (Wildman–Crippen LogP) is 5.97. The summed E-state index contributed by atoms with van der Waals surface area (Å²) in [6, 6.07) is 3.62. The van der Waals surface area contributed by atoms with Crippen molar-refractivity contribution in [3.8, 4) is 0 Å². The first-order chi connectivity index (χ1) is 12.1. The van der Waals surface area contributed by atoms with E-state index in [-0.39, 0.29) is 5.63 Å². The maximum Gasteiger partial charge on any atom is 0.336 e. The van der Waals surface area contributed by atoms with Crippen LogP contribution in [0.1, 0.15) is 68.3 Å². The Labute approximate surface area is 149 Å². The molecule has 0 amide bonds. The molecule has 0 saturated heterocycles. The molecule has 0 saturated carbocycles. The van der Waals surface area contributed by atoms with Gasteiger partial charge < -0.3 is 9.40 Å².